The summed E-state index contributed by atoms with van der Waals surface area (Å²) in [5.74, 6) is 2.06. The number of hydrogen-bond acceptors (Lipinski definition) is 6. The molecule has 7 heteroatoms. The first-order valence-corrected chi connectivity index (χ1v) is 10.4. The van der Waals surface area contributed by atoms with Gasteiger partial charge in [0.2, 0.25) is 5.89 Å². The molecule has 1 aromatic carbocycles. The van der Waals surface area contributed by atoms with Crippen LogP contribution >= 0.6 is 0 Å². The molecule has 3 aromatic heterocycles. The lowest BCUT2D eigenvalue weighted by atomic mass is 9.98. The Morgan fingerprint density at radius 2 is 1.87 bits per heavy atom. The lowest BCUT2D eigenvalue weighted by molar-refractivity contribution is 0.356. The third-order valence-corrected chi connectivity index (χ3v) is 5.43. The van der Waals surface area contributed by atoms with Crippen molar-refractivity contribution in [1.29, 1.82) is 0 Å². The number of aryl methyl sites for hydroxylation is 5. The Balaban J connectivity index is 1.83. The monoisotopic (exact) mass is 404 g/mol. The summed E-state index contributed by atoms with van der Waals surface area (Å²) in [7, 11) is 0. The molecule has 1 atom stereocenters. The molecule has 4 rings (SSSR count). The van der Waals surface area contributed by atoms with E-state index in [-0.39, 0.29) is 6.04 Å². The van der Waals surface area contributed by atoms with Crippen LogP contribution in [0.2, 0.25) is 0 Å². The molecule has 0 aliphatic rings. The average Bonchev–Trinajstić information content (AvgIpc) is 3.29. The molecule has 0 radical (unpaired) electrons. The van der Waals surface area contributed by atoms with Crippen molar-refractivity contribution in [3.8, 4) is 11.1 Å². The first kappa shape index (κ1) is 20.1. The zero-order chi connectivity index (χ0) is 21.4. The average molecular weight is 405 g/mol. The van der Waals surface area contributed by atoms with E-state index in [1.165, 1.54) is 16.7 Å². The highest BCUT2D eigenvalue weighted by Gasteiger charge is 2.21. The van der Waals surface area contributed by atoms with Crippen molar-refractivity contribution >= 4 is 11.5 Å². The van der Waals surface area contributed by atoms with E-state index >= 15 is 0 Å². The Bertz CT molecular complexity index is 1210. The van der Waals surface area contributed by atoms with Crippen molar-refractivity contribution in [2.45, 2.75) is 60.4 Å². The maximum absolute atomic E-state index is 5.40. The van der Waals surface area contributed by atoms with E-state index in [4.69, 9.17) is 14.6 Å². The smallest absolute Gasteiger partial charge is 0.249 e. The van der Waals surface area contributed by atoms with Gasteiger partial charge in [-0.25, -0.2) is 4.98 Å². The van der Waals surface area contributed by atoms with Gasteiger partial charge in [-0.1, -0.05) is 37.2 Å². The lowest BCUT2D eigenvalue weighted by Crippen LogP contribution is -2.14. The summed E-state index contributed by atoms with van der Waals surface area (Å²) in [6.45, 7) is 12.3. The molecule has 0 aliphatic heterocycles. The summed E-state index contributed by atoms with van der Waals surface area (Å²) in [6, 6.07) is 8.52. The summed E-state index contributed by atoms with van der Waals surface area (Å²) in [5.41, 5.74) is 7.52. The first-order valence-electron chi connectivity index (χ1n) is 10.4. The zero-order valence-electron chi connectivity index (χ0n) is 18.4. The van der Waals surface area contributed by atoms with Gasteiger partial charge in [0.05, 0.1) is 5.69 Å². The van der Waals surface area contributed by atoms with Crippen molar-refractivity contribution in [2.75, 3.05) is 5.32 Å². The van der Waals surface area contributed by atoms with Gasteiger partial charge >= 0.3 is 0 Å². The predicted octanol–water partition coefficient (Wildman–Crippen LogP) is 5.14. The van der Waals surface area contributed by atoms with Crippen molar-refractivity contribution in [3.05, 3.63) is 58.5 Å². The number of aromatic nitrogens is 5. The maximum atomic E-state index is 5.40. The fourth-order valence-corrected chi connectivity index (χ4v) is 3.86. The highest BCUT2D eigenvalue weighted by Crippen LogP contribution is 2.33. The Morgan fingerprint density at radius 3 is 2.50 bits per heavy atom. The molecule has 0 unspecified atom stereocenters. The van der Waals surface area contributed by atoms with Crippen LogP contribution < -0.4 is 5.32 Å². The van der Waals surface area contributed by atoms with Gasteiger partial charge in [-0.15, -0.1) is 0 Å². The summed E-state index contributed by atoms with van der Waals surface area (Å²) in [4.78, 5) is 9.23. The largest absolute Gasteiger partial charge is 0.358 e. The Labute approximate surface area is 176 Å². The third-order valence-electron chi connectivity index (χ3n) is 5.43. The van der Waals surface area contributed by atoms with Gasteiger partial charge in [-0.05, 0) is 57.2 Å². The number of nitrogens with zero attached hydrogens (tertiary/aromatic N) is 5. The van der Waals surface area contributed by atoms with Crippen molar-refractivity contribution < 1.29 is 4.52 Å². The van der Waals surface area contributed by atoms with Gasteiger partial charge in [-0.2, -0.15) is 14.6 Å². The van der Waals surface area contributed by atoms with Gasteiger partial charge in [0.1, 0.15) is 11.9 Å². The number of hydrogen-bond donors (Lipinski definition) is 1. The van der Waals surface area contributed by atoms with Crippen molar-refractivity contribution in [1.82, 2.24) is 24.7 Å². The molecular weight excluding hydrogens is 376 g/mol. The van der Waals surface area contributed by atoms with Crippen LogP contribution in [0.1, 0.15) is 60.5 Å². The molecular formula is C23H28N6O. The summed E-state index contributed by atoms with van der Waals surface area (Å²) in [5, 5.41) is 12.3. The van der Waals surface area contributed by atoms with Crippen LogP contribution in [-0.4, -0.2) is 24.7 Å². The first-order chi connectivity index (χ1) is 14.4. The summed E-state index contributed by atoms with van der Waals surface area (Å²) < 4.78 is 7.28. The summed E-state index contributed by atoms with van der Waals surface area (Å²) in [6.07, 6.45) is 1.82. The molecule has 0 aliphatic carbocycles. The molecule has 0 saturated carbocycles. The fourth-order valence-electron chi connectivity index (χ4n) is 3.86. The molecule has 0 fully saturated rings. The van der Waals surface area contributed by atoms with Gasteiger partial charge in [0.15, 0.2) is 11.5 Å². The van der Waals surface area contributed by atoms with E-state index in [1.807, 2.05) is 31.4 Å². The Kier molecular flexibility index (Phi) is 5.28. The molecule has 1 N–H and O–H groups in total. The van der Waals surface area contributed by atoms with Crippen molar-refractivity contribution in [2.24, 2.45) is 0 Å². The fraction of sp³-hybridized carbons (Fsp3) is 0.391. The van der Waals surface area contributed by atoms with Crippen LogP contribution in [-0.2, 0) is 6.42 Å². The molecule has 0 spiro atoms. The molecule has 3 heterocycles. The van der Waals surface area contributed by atoms with Gasteiger partial charge in [-0.3, -0.25) is 0 Å². The quantitative estimate of drug-likeness (QED) is 0.479. The van der Waals surface area contributed by atoms with Crippen LogP contribution in [0.4, 0.5) is 5.82 Å². The second kappa shape index (κ2) is 7.89. The third kappa shape index (κ3) is 3.56. The van der Waals surface area contributed by atoms with E-state index in [0.717, 1.165) is 41.3 Å². The Hall–Kier alpha value is -3.22. The number of anilines is 1. The predicted molar refractivity (Wildman–Crippen MR) is 118 cm³/mol. The van der Waals surface area contributed by atoms with Crippen LogP contribution in [0.3, 0.4) is 0 Å². The zero-order valence-corrected chi connectivity index (χ0v) is 18.4. The molecule has 0 saturated heterocycles. The number of rotatable bonds is 6. The van der Waals surface area contributed by atoms with Crippen LogP contribution in [0.15, 0.2) is 28.8 Å². The normalized spacial score (nSPS) is 12.5. The van der Waals surface area contributed by atoms with E-state index in [2.05, 4.69) is 54.4 Å². The van der Waals surface area contributed by atoms with E-state index < -0.39 is 0 Å². The minimum atomic E-state index is -0.102. The van der Waals surface area contributed by atoms with Crippen molar-refractivity contribution in [3.63, 3.8) is 0 Å². The van der Waals surface area contributed by atoms with E-state index in [0.29, 0.717) is 11.7 Å². The van der Waals surface area contributed by atoms with Gasteiger partial charge in [0, 0.05) is 17.3 Å². The molecule has 0 bridgehead atoms. The standard InChI is InChI=1S/C23H28N6O/c1-7-17-9-10-18(13(3)11-17)21-15(5)27-29-20(12-14(4)24-22(21)29)26-19(8-2)23-25-16(6)28-30-23/h9-12,19,26H,7-8H2,1-6H3/t19-/m1/s1. The SMILES string of the molecule is CCc1ccc(-c2c(C)nn3c(N[C@H](CC)c4nc(C)no4)cc(C)nc23)c(C)c1. The number of benzene rings is 1. The second-order valence-corrected chi connectivity index (χ2v) is 7.77. The second-order valence-electron chi connectivity index (χ2n) is 7.77. The number of nitrogens with one attached hydrogen (secondary N) is 1. The highest BCUT2D eigenvalue weighted by atomic mass is 16.5. The van der Waals surface area contributed by atoms with E-state index in [1.54, 1.807) is 0 Å². The van der Waals surface area contributed by atoms with Gasteiger partial charge < -0.3 is 9.84 Å². The maximum Gasteiger partial charge on any atom is 0.249 e. The topological polar surface area (TPSA) is 81.1 Å². The van der Waals surface area contributed by atoms with Crippen LogP contribution in [0.5, 0.6) is 0 Å². The highest BCUT2D eigenvalue weighted by molar-refractivity contribution is 5.83. The minimum absolute atomic E-state index is 0.102. The molecule has 0 amide bonds. The summed E-state index contributed by atoms with van der Waals surface area (Å²) >= 11 is 0. The number of fused-ring (bicyclic) bond motifs is 1. The minimum Gasteiger partial charge on any atom is -0.358 e. The lowest BCUT2D eigenvalue weighted by Gasteiger charge is -2.16. The van der Waals surface area contributed by atoms with E-state index in [9.17, 15) is 0 Å². The molecule has 156 valence electrons. The van der Waals surface area contributed by atoms with Crippen LogP contribution in [0, 0.1) is 27.7 Å². The molecule has 30 heavy (non-hydrogen) atoms. The molecule has 7 nitrogen and oxygen atoms in total. The van der Waals surface area contributed by atoms with Gasteiger partial charge in [0.25, 0.3) is 0 Å². The molecule has 4 aromatic rings. The Morgan fingerprint density at radius 1 is 1.07 bits per heavy atom. The van der Waals surface area contributed by atoms with Crippen LogP contribution in [0.25, 0.3) is 16.8 Å².